The number of nitrogens with zero attached hydrogens (tertiary/aromatic N) is 2. The van der Waals surface area contributed by atoms with Crippen LogP contribution < -0.4 is 10.9 Å². The number of carbonyl (C=O) groups is 1. The maximum atomic E-state index is 12.9. The van der Waals surface area contributed by atoms with E-state index in [1.807, 2.05) is 19.9 Å². The molecule has 164 valence electrons. The Morgan fingerprint density at radius 1 is 1.16 bits per heavy atom. The summed E-state index contributed by atoms with van der Waals surface area (Å²) < 4.78 is 28.3. The summed E-state index contributed by atoms with van der Waals surface area (Å²) in [5, 5.41) is 0.593. The molecule has 1 atom stereocenters. The van der Waals surface area contributed by atoms with E-state index in [9.17, 15) is 13.2 Å². The Balaban J connectivity index is 1.43. The SMILES string of the molecule is Cc1ccc2sc(NNC(=O)c3ccc(S(=O)(=O)N4CCC[C@H](C)C4)cc3)nc2c1C. The van der Waals surface area contributed by atoms with Crippen LogP contribution >= 0.6 is 11.3 Å². The molecule has 0 spiro atoms. The minimum Gasteiger partial charge on any atom is -0.273 e. The number of piperidine rings is 1. The van der Waals surface area contributed by atoms with Crippen LogP contribution in [0.5, 0.6) is 0 Å². The highest BCUT2D eigenvalue weighted by atomic mass is 32.2. The first-order valence-corrected chi connectivity index (χ1v) is 12.5. The molecule has 0 radical (unpaired) electrons. The lowest BCUT2D eigenvalue weighted by Crippen LogP contribution is -2.39. The van der Waals surface area contributed by atoms with E-state index in [0.717, 1.165) is 28.6 Å². The van der Waals surface area contributed by atoms with Gasteiger partial charge in [-0.2, -0.15) is 4.31 Å². The van der Waals surface area contributed by atoms with E-state index in [0.29, 0.717) is 29.7 Å². The molecule has 31 heavy (non-hydrogen) atoms. The molecule has 0 saturated carbocycles. The van der Waals surface area contributed by atoms with Gasteiger partial charge in [0.15, 0.2) is 0 Å². The Labute approximate surface area is 186 Å². The maximum absolute atomic E-state index is 12.9. The highest BCUT2D eigenvalue weighted by molar-refractivity contribution is 7.89. The van der Waals surface area contributed by atoms with Crippen molar-refractivity contribution in [1.82, 2.24) is 14.7 Å². The van der Waals surface area contributed by atoms with Gasteiger partial charge in [-0.1, -0.05) is 24.3 Å². The molecule has 9 heteroatoms. The fraction of sp³-hybridized carbons (Fsp3) is 0.364. The predicted molar refractivity (Wildman–Crippen MR) is 124 cm³/mol. The fourth-order valence-corrected chi connectivity index (χ4v) is 6.23. The highest BCUT2D eigenvalue weighted by Gasteiger charge is 2.28. The Hall–Kier alpha value is -2.49. The van der Waals surface area contributed by atoms with E-state index in [1.54, 1.807) is 0 Å². The average molecular weight is 459 g/mol. The van der Waals surface area contributed by atoms with Gasteiger partial charge in [0.05, 0.1) is 15.1 Å². The largest absolute Gasteiger partial charge is 0.273 e. The van der Waals surface area contributed by atoms with Crippen LogP contribution in [-0.2, 0) is 10.0 Å². The second kappa shape index (κ2) is 8.57. The number of anilines is 1. The van der Waals surface area contributed by atoms with Crippen molar-refractivity contribution in [2.24, 2.45) is 5.92 Å². The summed E-state index contributed by atoms with van der Waals surface area (Å²) in [5.41, 5.74) is 9.07. The number of benzene rings is 2. The summed E-state index contributed by atoms with van der Waals surface area (Å²) in [6.45, 7) is 7.21. The minimum atomic E-state index is -3.54. The normalized spacial score (nSPS) is 17.6. The van der Waals surface area contributed by atoms with Gasteiger partial charge in [-0.25, -0.2) is 13.4 Å². The molecule has 2 aromatic carbocycles. The molecule has 7 nitrogen and oxygen atoms in total. The zero-order valence-electron chi connectivity index (χ0n) is 17.8. The number of sulfonamides is 1. The zero-order valence-corrected chi connectivity index (χ0v) is 19.4. The van der Waals surface area contributed by atoms with Crippen molar-refractivity contribution in [3.05, 3.63) is 53.1 Å². The lowest BCUT2D eigenvalue weighted by Gasteiger charge is -2.30. The molecule has 1 aliphatic rings. The number of amides is 1. The maximum Gasteiger partial charge on any atom is 0.269 e. The Morgan fingerprint density at radius 3 is 2.61 bits per heavy atom. The molecule has 1 fully saturated rings. The lowest BCUT2D eigenvalue weighted by molar-refractivity contribution is 0.0962. The van der Waals surface area contributed by atoms with E-state index in [1.165, 1.54) is 45.5 Å². The van der Waals surface area contributed by atoms with Gasteiger partial charge in [0, 0.05) is 18.7 Å². The van der Waals surface area contributed by atoms with Crippen LogP contribution in [0.25, 0.3) is 10.2 Å². The average Bonchev–Trinajstić information content (AvgIpc) is 3.19. The van der Waals surface area contributed by atoms with Crippen LogP contribution in [0.2, 0.25) is 0 Å². The number of rotatable bonds is 5. The third-order valence-electron chi connectivity index (χ3n) is 5.74. The number of carbonyl (C=O) groups excluding carboxylic acids is 1. The Morgan fingerprint density at radius 2 is 1.90 bits per heavy atom. The van der Waals surface area contributed by atoms with E-state index in [2.05, 4.69) is 28.8 Å². The quantitative estimate of drug-likeness (QED) is 0.562. The second-order valence-corrected chi connectivity index (χ2v) is 11.1. The number of aryl methyl sites for hydroxylation is 2. The summed E-state index contributed by atoms with van der Waals surface area (Å²) >= 11 is 1.46. The first-order valence-electron chi connectivity index (χ1n) is 10.3. The number of hydrogen-bond donors (Lipinski definition) is 2. The molecule has 0 unspecified atom stereocenters. The summed E-state index contributed by atoms with van der Waals surface area (Å²) in [4.78, 5) is 17.3. The molecule has 3 aromatic rings. The Kier molecular flexibility index (Phi) is 6.00. The van der Waals surface area contributed by atoms with Gasteiger partial charge in [0.1, 0.15) is 0 Å². The standard InChI is InChI=1S/C22H26N4O3S2/c1-14-5-4-12-26(13-14)31(28,29)18-9-7-17(8-10-18)21(27)24-25-22-23-20-16(3)15(2)6-11-19(20)30-22/h6-11,14H,4-5,12-13H2,1-3H3,(H,23,25)(H,24,27)/t14-/m0/s1. The molecule has 0 bridgehead atoms. The van der Waals surface area contributed by atoms with Crippen LogP contribution in [0, 0.1) is 19.8 Å². The smallest absolute Gasteiger partial charge is 0.269 e. The molecule has 1 aromatic heterocycles. The Bertz CT molecular complexity index is 1220. The molecule has 1 saturated heterocycles. The number of thiazole rings is 1. The molecule has 0 aliphatic carbocycles. The monoisotopic (exact) mass is 458 g/mol. The first kappa shape index (κ1) is 21.7. The number of hydrogen-bond acceptors (Lipinski definition) is 6. The number of nitrogens with one attached hydrogen (secondary N) is 2. The van der Waals surface area contributed by atoms with Crippen molar-refractivity contribution >= 4 is 42.6 Å². The molecular weight excluding hydrogens is 432 g/mol. The van der Waals surface area contributed by atoms with Crippen molar-refractivity contribution in [2.45, 2.75) is 38.5 Å². The van der Waals surface area contributed by atoms with Gasteiger partial charge in [-0.3, -0.25) is 15.6 Å². The van der Waals surface area contributed by atoms with Crippen molar-refractivity contribution in [3.8, 4) is 0 Å². The summed E-state index contributed by atoms with van der Waals surface area (Å²) in [6.07, 6.45) is 1.92. The van der Waals surface area contributed by atoms with Crippen molar-refractivity contribution in [1.29, 1.82) is 0 Å². The van der Waals surface area contributed by atoms with Gasteiger partial charge in [-0.05, 0) is 74.1 Å². The van der Waals surface area contributed by atoms with Crippen molar-refractivity contribution in [2.75, 3.05) is 18.5 Å². The lowest BCUT2D eigenvalue weighted by atomic mass is 10.0. The third kappa shape index (κ3) is 4.44. The second-order valence-electron chi connectivity index (χ2n) is 8.09. The van der Waals surface area contributed by atoms with Crippen LogP contribution in [0.3, 0.4) is 0 Å². The van der Waals surface area contributed by atoms with Crippen LogP contribution in [0.15, 0.2) is 41.3 Å². The van der Waals surface area contributed by atoms with Gasteiger partial charge in [0.2, 0.25) is 15.2 Å². The van der Waals surface area contributed by atoms with Gasteiger partial charge in [0.25, 0.3) is 5.91 Å². The van der Waals surface area contributed by atoms with Gasteiger partial charge < -0.3 is 0 Å². The number of aromatic nitrogens is 1. The minimum absolute atomic E-state index is 0.211. The summed E-state index contributed by atoms with van der Waals surface area (Å²) in [6, 6.07) is 10.1. The number of fused-ring (bicyclic) bond motifs is 1. The van der Waals surface area contributed by atoms with Crippen LogP contribution in [0.1, 0.15) is 41.3 Å². The van der Waals surface area contributed by atoms with Gasteiger partial charge in [-0.15, -0.1) is 0 Å². The molecule has 4 rings (SSSR count). The van der Waals surface area contributed by atoms with E-state index < -0.39 is 10.0 Å². The van der Waals surface area contributed by atoms with Crippen LogP contribution in [0.4, 0.5) is 5.13 Å². The highest BCUT2D eigenvalue weighted by Crippen LogP contribution is 2.29. The van der Waals surface area contributed by atoms with Crippen molar-refractivity contribution < 1.29 is 13.2 Å². The fourth-order valence-electron chi connectivity index (χ4n) is 3.75. The van der Waals surface area contributed by atoms with Crippen molar-refractivity contribution in [3.63, 3.8) is 0 Å². The molecule has 2 N–H and O–H groups in total. The summed E-state index contributed by atoms with van der Waals surface area (Å²) in [7, 11) is -3.54. The first-order chi connectivity index (χ1) is 14.8. The molecular formula is C22H26N4O3S2. The molecule has 2 heterocycles. The summed E-state index contributed by atoms with van der Waals surface area (Å²) in [5.74, 6) is -0.00226. The van der Waals surface area contributed by atoms with Crippen LogP contribution in [-0.4, -0.2) is 36.7 Å². The van der Waals surface area contributed by atoms with E-state index in [4.69, 9.17) is 0 Å². The van der Waals surface area contributed by atoms with E-state index >= 15 is 0 Å². The topological polar surface area (TPSA) is 91.4 Å². The van der Waals surface area contributed by atoms with Gasteiger partial charge >= 0.3 is 0 Å². The molecule has 1 aliphatic heterocycles. The third-order valence-corrected chi connectivity index (χ3v) is 8.56. The molecule has 1 amide bonds. The number of hydrazine groups is 1. The zero-order chi connectivity index (χ0) is 22.2. The predicted octanol–water partition coefficient (Wildman–Crippen LogP) is 4.09. The van der Waals surface area contributed by atoms with E-state index in [-0.39, 0.29) is 10.8 Å².